The standard InChI is InChI=1S/C20H33N5O2/c1-2-23-11-3-5-18(23)15-21-19(26)7-6-17-8-13-24(14-9-17)20(27)16-25-12-4-10-22-25/h4,10,12,17-18H,2-3,5-9,11,13-16H2,1H3,(H,21,26). The lowest BCUT2D eigenvalue weighted by molar-refractivity contribution is -0.133. The Labute approximate surface area is 162 Å². The molecule has 1 atom stereocenters. The summed E-state index contributed by atoms with van der Waals surface area (Å²) in [5, 5.41) is 7.22. The molecule has 3 heterocycles. The predicted octanol–water partition coefficient (Wildman–Crippen LogP) is 1.50. The molecule has 0 radical (unpaired) electrons. The number of carbonyl (C=O) groups is 2. The Morgan fingerprint density at radius 1 is 1.19 bits per heavy atom. The van der Waals surface area contributed by atoms with Crippen LogP contribution in [0.25, 0.3) is 0 Å². The fourth-order valence-corrected chi connectivity index (χ4v) is 4.30. The second-order valence-electron chi connectivity index (χ2n) is 7.80. The van der Waals surface area contributed by atoms with E-state index in [0.717, 1.165) is 52.0 Å². The van der Waals surface area contributed by atoms with Gasteiger partial charge in [-0.3, -0.25) is 19.2 Å². The molecule has 2 fully saturated rings. The third-order valence-electron chi connectivity index (χ3n) is 6.04. The summed E-state index contributed by atoms with van der Waals surface area (Å²) in [5.74, 6) is 0.852. The zero-order chi connectivity index (χ0) is 19.1. The first-order valence-corrected chi connectivity index (χ1v) is 10.4. The zero-order valence-electron chi connectivity index (χ0n) is 16.5. The summed E-state index contributed by atoms with van der Waals surface area (Å²) in [5.41, 5.74) is 0. The molecule has 1 aromatic rings. The van der Waals surface area contributed by atoms with Crippen molar-refractivity contribution in [2.75, 3.05) is 32.7 Å². The number of likely N-dealkylation sites (tertiary alicyclic amines) is 2. The number of hydrogen-bond acceptors (Lipinski definition) is 4. The first-order valence-electron chi connectivity index (χ1n) is 10.4. The topological polar surface area (TPSA) is 70.5 Å². The van der Waals surface area contributed by atoms with E-state index < -0.39 is 0 Å². The van der Waals surface area contributed by atoms with Crippen LogP contribution in [0.3, 0.4) is 0 Å². The van der Waals surface area contributed by atoms with E-state index in [9.17, 15) is 9.59 Å². The molecular formula is C20H33N5O2. The largest absolute Gasteiger partial charge is 0.355 e. The lowest BCUT2D eigenvalue weighted by atomic mass is 9.92. The second-order valence-corrected chi connectivity index (χ2v) is 7.80. The molecule has 2 saturated heterocycles. The summed E-state index contributed by atoms with van der Waals surface area (Å²) in [7, 11) is 0. The van der Waals surface area contributed by atoms with Crippen molar-refractivity contribution in [3.8, 4) is 0 Å². The van der Waals surface area contributed by atoms with Crippen LogP contribution in [0, 0.1) is 5.92 Å². The van der Waals surface area contributed by atoms with E-state index in [1.54, 1.807) is 10.9 Å². The predicted molar refractivity (Wildman–Crippen MR) is 104 cm³/mol. The van der Waals surface area contributed by atoms with Gasteiger partial charge in [-0.05, 0) is 57.2 Å². The Morgan fingerprint density at radius 2 is 2.00 bits per heavy atom. The maximum atomic E-state index is 12.3. The first kappa shape index (κ1) is 19.9. The average Bonchev–Trinajstić information content (AvgIpc) is 3.36. The summed E-state index contributed by atoms with van der Waals surface area (Å²) >= 11 is 0. The quantitative estimate of drug-likeness (QED) is 0.748. The van der Waals surface area contributed by atoms with E-state index in [4.69, 9.17) is 0 Å². The number of aromatic nitrogens is 2. The van der Waals surface area contributed by atoms with Crippen molar-refractivity contribution in [1.29, 1.82) is 0 Å². The van der Waals surface area contributed by atoms with Gasteiger partial charge in [0.05, 0.1) is 0 Å². The van der Waals surface area contributed by atoms with Gasteiger partial charge in [0.2, 0.25) is 11.8 Å². The number of piperidine rings is 1. The molecule has 1 aromatic heterocycles. The van der Waals surface area contributed by atoms with Crippen molar-refractivity contribution in [1.82, 2.24) is 24.9 Å². The number of amides is 2. The van der Waals surface area contributed by atoms with Gasteiger partial charge < -0.3 is 10.2 Å². The molecule has 7 nitrogen and oxygen atoms in total. The molecule has 2 amide bonds. The highest BCUT2D eigenvalue weighted by Gasteiger charge is 2.25. The lowest BCUT2D eigenvalue weighted by Gasteiger charge is -2.32. The highest BCUT2D eigenvalue weighted by atomic mass is 16.2. The van der Waals surface area contributed by atoms with E-state index in [0.29, 0.717) is 24.9 Å². The normalized spacial score (nSPS) is 21.5. The van der Waals surface area contributed by atoms with Gasteiger partial charge in [0.1, 0.15) is 6.54 Å². The third kappa shape index (κ3) is 5.79. The van der Waals surface area contributed by atoms with Crippen LogP contribution in [-0.4, -0.2) is 70.2 Å². The Hall–Kier alpha value is -1.89. The van der Waals surface area contributed by atoms with Crippen LogP contribution in [0.5, 0.6) is 0 Å². The van der Waals surface area contributed by atoms with Gasteiger partial charge in [0, 0.05) is 44.5 Å². The fraction of sp³-hybridized carbons (Fsp3) is 0.750. The second kappa shape index (κ2) is 9.88. The summed E-state index contributed by atoms with van der Waals surface area (Å²) in [4.78, 5) is 28.9. The van der Waals surface area contributed by atoms with Crippen LogP contribution in [0.4, 0.5) is 0 Å². The molecular weight excluding hydrogens is 342 g/mol. The highest BCUT2D eigenvalue weighted by molar-refractivity contribution is 5.76. The summed E-state index contributed by atoms with van der Waals surface area (Å²) in [6, 6.07) is 2.35. The number of hydrogen-bond donors (Lipinski definition) is 1. The summed E-state index contributed by atoms with van der Waals surface area (Å²) < 4.78 is 1.67. The van der Waals surface area contributed by atoms with Gasteiger partial charge in [-0.25, -0.2) is 0 Å². The number of rotatable bonds is 8. The fourth-order valence-electron chi connectivity index (χ4n) is 4.30. The van der Waals surface area contributed by atoms with Gasteiger partial charge in [-0.2, -0.15) is 5.10 Å². The van der Waals surface area contributed by atoms with Gasteiger partial charge in [-0.1, -0.05) is 6.92 Å². The molecule has 27 heavy (non-hydrogen) atoms. The van der Waals surface area contributed by atoms with Crippen molar-refractivity contribution in [2.45, 2.75) is 58.0 Å². The molecule has 1 N–H and O–H groups in total. The van der Waals surface area contributed by atoms with Crippen LogP contribution in [0.1, 0.15) is 45.4 Å². The van der Waals surface area contributed by atoms with Crippen molar-refractivity contribution in [3.63, 3.8) is 0 Å². The molecule has 0 bridgehead atoms. The number of nitrogens with one attached hydrogen (secondary N) is 1. The molecule has 2 aliphatic rings. The average molecular weight is 376 g/mol. The minimum absolute atomic E-state index is 0.131. The maximum absolute atomic E-state index is 12.3. The molecule has 3 rings (SSSR count). The molecule has 150 valence electrons. The Morgan fingerprint density at radius 3 is 2.70 bits per heavy atom. The Kier molecular flexibility index (Phi) is 7.26. The molecule has 1 unspecified atom stereocenters. The van der Waals surface area contributed by atoms with Crippen molar-refractivity contribution < 1.29 is 9.59 Å². The van der Waals surface area contributed by atoms with Crippen molar-refractivity contribution in [2.24, 2.45) is 5.92 Å². The van der Waals surface area contributed by atoms with E-state index >= 15 is 0 Å². The maximum Gasteiger partial charge on any atom is 0.244 e. The van der Waals surface area contributed by atoms with Gasteiger partial charge in [0.25, 0.3) is 0 Å². The zero-order valence-corrected chi connectivity index (χ0v) is 16.5. The third-order valence-corrected chi connectivity index (χ3v) is 6.04. The van der Waals surface area contributed by atoms with E-state index in [1.807, 2.05) is 17.2 Å². The van der Waals surface area contributed by atoms with Crippen molar-refractivity contribution >= 4 is 11.8 Å². The van der Waals surface area contributed by atoms with Crippen LogP contribution in [-0.2, 0) is 16.1 Å². The summed E-state index contributed by atoms with van der Waals surface area (Å²) in [6.45, 7) is 7.10. The molecule has 2 aliphatic heterocycles. The summed E-state index contributed by atoms with van der Waals surface area (Å²) in [6.07, 6.45) is 9.45. The number of likely N-dealkylation sites (N-methyl/N-ethyl adjacent to an activating group) is 1. The lowest BCUT2D eigenvalue weighted by Crippen LogP contribution is -2.41. The smallest absolute Gasteiger partial charge is 0.244 e. The number of nitrogens with zero attached hydrogens (tertiary/aromatic N) is 4. The molecule has 7 heteroatoms. The minimum Gasteiger partial charge on any atom is -0.355 e. The van der Waals surface area contributed by atoms with E-state index in [2.05, 4.69) is 22.2 Å². The van der Waals surface area contributed by atoms with Crippen LogP contribution >= 0.6 is 0 Å². The Balaban J connectivity index is 1.30. The van der Waals surface area contributed by atoms with Gasteiger partial charge >= 0.3 is 0 Å². The Bertz CT molecular complexity index is 596. The van der Waals surface area contributed by atoms with Crippen LogP contribution in [0.15, 0.2) is 18.5 Å². The molecule has 0 spiro atoms. The monoisotopic (exact) mass is 375 g/mol. The van der Waals surface area contributed by atoms with E-state index in [-0.39, 0.29) is 11.8 Å². The SMILES string of the molecule is CCN1CCCC1CNC(=O)CCC1CCN(C(=O)Cn2cccn2)CC1. The minimum atomic E-state index is 0.131. The number of carbonyl (C=O) groups excluding carboxylic acids is 2. The van der Waals surface area contributed by atoms with Crippen molar-refractivity contribution in [3.05, 3.63) is 18.5 Å². The first-order chi connectivity index (χ1) is 13.2. The molecule has 0 aromatic carbocycles. The molecule has 0 aliphatic carbocycles. The van der Waals surface area contributed by atoms with Crippen LogP contribution < -0.4 is 5.32 Å². The van der Waals surface area contributed by atoms with Crippen LogP contribution in [0.2, 0.25) is 0 Å². The van der Waals surface area contributed by atoms with Gasteiger partial charge in [0.15, 0.2) is 0 Å². The molecule has 0 saturated carbocycles. The van der Waals surface area contributed by atoms with Gasteiger partial charge in [-0.15, -0.1) is 0 Å². The van der Waals surface area contributed by atoms with E-state index in [1.165, 1.54) is 12.8 Å². The highest BCUT2D eigenvalue weighted by Crippen LogP contribution is 2.22.